The van der Waals surface area contributed by atoms with Crippen LogP contribution < -0.4 is 0 Å². The molecule has 4 fully saturated rings. The van der Waals surface area contributed by atoms with Gasteiger partial charge in [-0.05, 0) is 154 Å². The number of rotatable bonds is 12. The van der Waals surface area contributed by atoms with Crippen LogP contribution >= 0.6 is 0 Å². The Labute approximate surface area is 269 Å². The third-order valence-corrected chi connectivity index (χ3v) is 15.1. The maximum atomic E-state index is 11.5. The first-order chi connectivity index (χ1) is 20.8. The SMILES string of the molecule is CC[C@@H]1CC2CCC(C(O)C3CCC(CCCCCC(CC)(C4=CCC(C)CC4)C4CCC(C)CC4)CC3)CC2C[C@@H]1C. The summed E-state index contributed by atoms with van der Waals surface area (Å²) in [5.41, 5.74) is 2.40. The Morgan fingerprint density at radius 1 is 0.744 bits per heavy atom. The van der Waals surface area contributed by atoms with E-state index in [1.807, 2.05) is 5.57 Å². The minimum absolute atomic E-state index is 0.0110. The number of unbranched alkanes of at least 4 members (excludes halogenated alkanes) is 2. The molecule has 5 aliphatic carbocycles. The molecule has 0 amide bonds. The van der Waals surface area contributed by atoms with Gasteiger partial charge in [-0.3, -0.25) is 0 Å². The lowest BCUT2D eigenvalue weighted by Gasteiger charge is -2.47. The van der Waals surface area contributed by atoms with Crippen molar-refractivity contribution < 1.29 is 5.11 Å². The monoisotopic (exact) mass is 595 g/mol. The molecular weight excluding hydrogens is 520 g/mol. The van der Waals surface area contributed by atoms with E-state index in [2.05, 4.69) is 40.7 Å². The molecule has 0 aromatic rings. The summed E-state index contributed by atoms with van der Waals surface area (Å²) in [6.45, 7) is 12.4. The van der Waals surface area contributed by atoms with Gasteiger partial charge in [-0.2, -0.15) is 0 Å². The van der Waals surface area contributed by atoms with Crippen molar-refractivity contribution in [2.45, 2.75) is 188 Å². The van der Waals surface area contributed by atoms with Gasteiger partial charge in [0.25, 0.3) is 0 Å². The fourth-order valence-electron chi connectivity index (χ4n) is 11.9. The highest BCUT2D eigenvalue weighted by atomic mass is 16.3. The molecule has 5 rings (SSSR count). The van der Waals surface area contributed by atoms with Gasteiger partial charge in [-0.1, -0.05) is 104 Å². The van der Waals surface area contributed by atoms with Gasteiger partial charge in [0.15, 0.2) is 0 Å². The normalized spacial score (nSPS) is 41.1. The van der Waals surface area contributed by atoms with Crippen molar-refractivity contribution in [3.05, 3.63) is 11.6 Å². The van der Waals surface area contributed by atoms with Crippen molar-refractivity contribution in [2.75, 3.05) is 0 Å². The van der Waals surface area contributed by atoms with Gasteiger partial charge in [-0.25, -0.2) is 0 Å². The highest BCUT2D eigenvalue weighted by Gasteiger charge is 2.43. The standard InChI is InChI=1S/C42H74O/c1-6-34-28-36-20-21-37(29-38(36)27-32(34)5)41(43)35-18-16-33(17-19-35)11-9-8-10-26-42(7-2,39-22-12-30(3)13-23-39)40-24-14-31(4)15-25-40/h22,30-38,40-41,43H,6-21,23-29H2,1-5H3/t30?,31?,32-,33?,34+,35?,36?,37?,38?,40?,41?,42?/m0/s1. The highest BCUT2D eigenvalue weighted by molar-refractivity contribution is 5.19. The molecule has 1 heteroatoms. The summed E-state index contributed by atoms with van der Waals surface area (Å²) < 4.78 is 0. The Morgan fingerprint density at radius 3 is 2.16 bits per heavy atom. The molecule has 6 unspecified atom stereocenters. The smallest absolute Gasteiger partial charge is 0.0596 e. The van der Waals surface area contributed by atoms with Crippen molar-refractivity contribution in [1.29, 1.82) is 0 Å². The van der Waals surface area contributed by atoms with E-state index >= 15 is 0 Å². The predicted molar refractivity (Wildman–Crippen MR) is 186 cm³/mol. The van der Waals surface area contributed by atoms with Crippen LogP contribution in [0.25, 0.3) is 0 Å². The third kappa shape index (κ3) is 8.35. The topological polar surface area (TPSA) is 20.2 Å². The molecule has 0 bridgehead atoms. The second-order valence-electron chi connectivity index (χ2n) is 17.7. The fraction of sp³-hybridized carbons (Fsp3) is 0.952. The van der Waals surface area contributed by atoms with E-state index in [9.17, 15) is 5.11 Å². The Balaban J connectivity index is 1.03. The Kier molecular flexibility index (Phi) is 12.7. The summed E-state index contributed by atoms with van der Waals surface area (Å²) in [5.74, 6) is 8.66. The third-order valence-electron chi connectivity index (χ3n) is 15.1. The molecule has 0 aliphatic heterocycles. The van der Waals surface area contributed by atoms with Gasteiger partial charge >= 0.3 is 0 Å². The van der Waals surface area contributed by atoms with Crippen LogP contribution in [0.4, 0.5) is 0 Å². The number of fused-ring (bicyclic) bond motifs is 1. The average Bonchev–Trinajstić information content (AvgIpc) is 3.03. The molecule has 8 atom stereocenters. The van der Waals surface area contributed by atoms with Crippen LogP contribution in [0.5, 0.6) is 0 Å². The van der Waals surface area contributed by atoms with Crippen molar-refractivity contribution in [2.24, 2.45) is 64.6 Å². The van der Waals surface area contributed by atoms with Crippen molar-refractivity contribution in [3.8, 4) is 0 Å². The van der Waals surface area contributed by atoms with Crippen molar-refractivity contribution in [1.82, 2.24) is 0 Å². The van der Waals surface area contributed by atoms with Gasteiger partial charge in [-0.15, -0.1) is 0 Å². The van der Waals surface area contributed by atoms with E-state index in [1.54, 1.807) is 0 Å². The number of aliphatic hydroxyl groups is 1. The molecule has 4 saturated carbocycles. The molecule has 0 heterocycles. The molecule has 248 valence electrons. The molecule has 5 aliphatic rings. The zero-order chi connectivity index (χ0) is 30.4. The number of hydrogen-bond donors (Lipinski definition) is 1. The molecule has 0 aromatic carbocycles. The number of hydrogen-bond acceptors (Lipinski definition) is 1. The molecule has 1 N–H and O–H groups in total. The van der Waals surface area contributed by atoms with Crippen LogP contribution in [0.1, 0.15) is 182 Å². The average molecular weight is 595 g/mol. The van der Waals surface area contributed by atoms with Crippen LogP contribution in [0, 0.1) is 64.6 Å². The summed E-state index contributed by atoms with van der Waals surface area (Å²) >= 11 is 0. The summed E-state index contributed by atoms with van der Waals surface area (Å²) in [7, 11) is 0. The van der Waals surface area contributed by atoms with Gasteiger partial charge in [0.05, 0.1) is 6.10 Å². The number of aliphatic hydroxyl groups excluding tert-OH is 1. The maximum absolute atomic E-state index is 11.5. The van der Waals surface area contributed by atoms with Crippen molar-refractivity contribution >= 4 is 0 Å². The zero-order valence-corrected chi connectivity index (χ0v) is 29.6. The Morgan fingerprint density at radius 2 is 1.49 bits per heavy atom. The zero-order valence-electron chi connectivity index (χ0n) is 29.6. The quantitative estimate of drug-likeness (QED) is 0.176. The van der Waals surface area contributed by atoms with Gasteiger partial charge < -0.3 is 5.11 Å². The lowest BCUT2D eigenvalue weighted by Crippen LogP contribution is -2.40. The van der Waals surface area contributed by atoms with E-state index in [0.717, 1.165) is 47.3 Å². The molecule has 43 heavy (non-hydrogen) atoms. The van der Waals surface area contributed by atoms with Crippen molar-refractivity contribution in [3.63, 3.8) is 0 Å². The minimum atomic E-state index is -0.0110. The molecule has 0 aromatic heterocycles. The van der Waals surface area contributed by atoms with Crippen LogP contribution in [0.3, 0.4) is 0 Å². The lowest BCUT2D eigenvalue weighted by atomic mass is 9.58. The van der Waals surface area contributed by atoms with Crippen LogP contribution in [0.2, 0.25) is 0 Å². The van der Waals surface area contributed by atoms with E-state index in [4.69, 9.17) is 0 Å². The molecule has 0 spiro atoms. The lowest BCUT2D eigenvalue weighted by molar-refractivity contribution is -0.0261. The minimum Gasteiger partial charge on any atom is -0.393 e. The first kappa shape index (κ1) is 34.0. The first-order valence-electron chi connectivity index (χ1n) is 20.2. The Hall–Kier alpha value is -0.300. The van der Waals surface area contributed by atoms with Gasteiger partial charge in [0, 0.05) is 0 Å². The van der Waals surface area contributed by atoms with Crippen LogP contribution in [0.15, 0.2) is 11.6 Å². The van der Waals surface area contributed by atoms with E-state index in [1.165, 1.54) is 148 Å². The van der Waals surface area contributed by atoms with E-state index in [0.29, 0.717) is 17.3 Å². The highest BCUT2D eigenvalue weighted by Crippen LogP contribution is 2.53. The molecule has 0 radical (unpaired) electrons. The fourth-order valence-corrected chi connectivity index (χ4v) is 11.9. The Bertz CT molecular complexity index is 843. The number of allylic oxidation sites excluding steroid dienone is 2. The molecule has 1 nitrogen and oxygen atoms in total. The first-order valence-corrected chi connectivity index (χ1v) is 20.2. The maximum Gasteiger partial charge on any atom is 0.0596 e. The summed E-state index contributed by atoms with van der Waals surface area (Å²) in [6, 6.07) is 0. The summed E-state index contributed by atoms with van der Waals surface area (Å²) in [5, 5.41) is 11.5. The molecule has 0 saturated heterocycles. The van der Waals surface area contributed by atoms with Crippen LogP contribution in [-0.4, -0.2) is 11.2 Å². The van der Waals surface area contributed by atoms with Gasteiger partial charge in [0.2, 0.25) is 0 Å². The van der Waals surface area contributed by atoms with E-state index < -0.39 is 0 Å². The second kappa shape index (κ2) is 16.0. The van der Waals surface area contributed by atoms with E-state index in [-0.39, 0.29) is 6.10 Å². The summed E-state index contributed by atoms with van der Waals surface area (Å²) in [4.78, 5) is 0. The molecular formula is C42H74O. The second-order valence-corrected chi connectivity index (χ2v) is 17.7. The largest absolute Gasteiger partial charge is 0.393 e. The predicted octanol–water partition coefficient (Wildman–Crippen LogP) is 12.6. The summed E-state index contributed by atoms with van der Waals surface area (Å²) in [6.07, 6.45) is 35.1. The van der Waals surface area contributed by atoms with Gasteiger partial charge in [0.1, 0.15) is 0 Å². The van der Waals surface area contributed by atoms with Crippen LogP contribution in [-0.2, 0) is 0 Å².